The molecule has 5 heteroatoms. The minimum Gasteiger partial charge on any atom is -0.491 e. The molecule has 0 spiro atoms. The van der Waals surface area contributed by atoms with Gasteiger partial charge in [0.2, 0.25) is 0 Å². The van der Waals surface area contributed by atoms with Crippen LogP contribution in [0.1, 0.15) is 58.9 Å². The predicted molar refractivity (Wildman–Crippen MR) is 97.5 cm³/mol. The molecule has 1 aromatic carbocycles. The van der Waals surface area contributed by atoms with Crippen LogP contribution in [0, 0.1) is 17.2 Å². The van der Waals surface area contributed by atoms with Crippen LogP contribution < -0.4 is 10.1 Å². The van der Waals surface area contributed by atoms with Crippen molar-refractivity contribution in [3.05, 3.63) is 23.8 Å². The second-order valence-corrected chi connectivity index (χ2v) is 6.84. The number of hydrogen-bond donors (Lipinski definition) is 1. The van der Waals surface area contributed by atoms with E-state index in [1.54, 1.807) is 18.2 Å². The van der Waals surface area contributed by atoms with Gasteiger partial charge in [0, 0.05) is 12.7 Å². The second-order valence-electron chi connectivity index (χ2n) is 6.84. The first-order valence-electron chi connectivity index (χ1n) is 9.10. The molecule has 0 heterocycles. The summed E-state index contributed by atoms with van der Waals surface area (Å²) < 4.78 is 11.6. The van der Waals surface area contributed by atoms with Gasteiger partial charge < -0.3 is 14.8 Å². The van der Waals surface area contributed by atoms with Crippen LogP contribution in [0.4, 0.5) is 5.69 Å². The van der Waals surface area contributed by atoms with Crippen molar-refractivity contribution in [3.63, 3.8) is 0 Å². The molecule has 5 nitrogen and oxygen atoms in total. The first-order valence-corrected chi connectivity index (χ1v) is 9.10. The predicted octanol–water partition coefficient (Wildman–Crippen LogP) is 4.27. The van der Waals surface area contributed by atoms with E-state index in [0.717, 1.165) is 25.7 Å². The molecule has 0 radical (unpaired) electrons. The van der Waals surface area contributed by atoms with Crippen LogP contribution in [0.25, 0.3) is 0 Å². The Hall–Kier alpha value is -2.06. The maximum atomic E-state index is 12.8. The third-order valence-electron chi connectivity index (χ3n) is 4.69. The van der Waals surface area contributed by atoms with Gasteiger partial charge >= 0.3 is 0 Å². The number of carbonyl (C=O) groups is 1. The van der Waals surface area contributed by atoms with Crippen molar-refractivity contribution in [2.24, 2.45) is 5.92 Å². The van der Waals surface area contributed by atoms with Gasteiger partial charge in [-0.3, -0.25) is 4.79 Å². The topological polar surface area (TPSA) is 71.3 Å². The number of amides is 1. The number of benzene rings is 1. The van der Waals surface area contributed by atoms with Crippen LogP contribution in [0.2, 0.25) is 0 Å². The highest BCUT2D eigenvalue weighted by Gasteiger charge is 2.48. The summed E-state index contributed by atoms with van der Waals surface area (Å²) in [7, 11) is 0. The minimum absolute atomic E-state index is 0.0765. The summed E-state index contributed by atoms with van der Waals surface area (Å²) in [6, 6.07) is 7.31. The number of hydrogen-bond acceptors (Lipinski definition) is 4. The average molecular weight is 344 g/mol. The quantitative estimate of drug-likeness (QED) is 0.726. The van der Waals surface area contributed by atoms with E-state index in [1.807, 2.05) is 27.7 Å². The van der Waals surface area contributed by atoms with Gasteiger partial charge in [0.15, 0.2) is 0 Å². The number of anilines is 1. The number of ether oxygens (including phenoxy) is 2. The fourth-order valence-corrected chi connectivity index (χ4v) is 2.68. The lowest BCUT2D eigenvalue weighted by molar-refractivity contribution is -0.142. The molecule has 0 unspecified atom stereocenters. The van der Waals surface area contributed by atoms with E-state index in [4.69, 9.17) is 9.47 Å². The van der Waals surface area contributed by atoms with Gasteiger partial charge in [0.25, 0.3) is 5.91 Å². The molecule has 0 bridgehead atoms. The standard InChI is InChI=1S/C20H28N2O3/c1-5-11-24-20(4,16-7-8-16)19(23)22-18-10-9-17(12-15(18)13-21)25-14(3)6-2/h9-10,12,14,16H,5-8,11H2,1-4H3,(H,22,23)/t14-,20-/m0/s1. The van der Waals surface area contributed by atoms with E-state index < -0.39 is 5.60 Å². The van der Waals surface area contributed by atoms with Crippen molar-refractivity contribution in [2.75, 3.05) is 11.9 Å². The van der Waals surface area contributed by atoms with Crippen molar-refractivity contribution >= 4 is 11.6 Å². The van der Waals surface area contributed by atoms with Crippen molar-refractivity contribution in [3.8, 4) is 11.8 Å². The molecule has 0 aliphatic heterocycles. The lowest BCUT2D eigenvalue weighted by atomic mass is 9.98. The molecule has 136 valence electrons. The molecule has 1 aliphatic carbocycles. The summed E-state index contributed by atoms with van der Waals surface area (Å²) in [4.78, 5) is 12.8. The number of carbonyl (C=O) groups excluding carboxylic acids is 1. The summed E-state index contributed by atoms with van der Waals surface area (Å²) in [6.45, 7) is 8.44. The third-order valence-corrected chi connectivity index (χ3v) is 4.69. The van der Waals surface area contributed by atoms with Crippen LogP contribution in [0.15, 0.2) is 18.2 Å². The molecule has 1 aliphatic rings. The zero-order valence-corrected chi connectivity index (χ0v) is 15.6. The molecule has 0 aromatic heterocycles. The van der Waals surface area contributed by atoms with Crippen molar-refractivity contribution in [2.45, 2.75) is 65.1 Å². The smallest absolute Gasteiger partial charge is 0.256 e. The van der Waals surface area contributed by atoms with Gasteiger partial charge in [-0.15, -0.1) is 0 Å². The summed E-state index contributed by atoms with van der Waals surface area (Å²) in [6.07, 6.45) is 3.82. The Labute approximate surface area is 150 Å². The minimum atomic E-state index is -0.839. The van der Waals surface area contributed by atoms with Crippen LogP contribution >= 0.6 is 0 Å². The maximum Gasteiger partial charge on any atom is 0.256 e. The SMILES string of the molecule is CCCO[C@](C)(C(=O)Nc1ccc(O[C@@H](C)CC)cc1C#N)C1CC1. The second kappa shape index (κ2) is 8.35. The van der Waals surface area contributed by atoms with Gasteiger partial charge in [-0.1, -0.05) is 13.8 Å². The Morgan fingerprint density at radius 2 is 2.16 bits per heavy atom. The molecule has 2 rings (SSSR count). The molecule has 0 saturated heterocycles. The summed E-state index contributed by atoms with van der Waals surface area (Å²) in [5.41, 5.74) is 0.0491. The molecule has 1 fully saturated rings. The Balaban J connectivity index is 2.15. The lowest BCUT2D eigenvalue weighted by Gasteiger charge is -2.29. The van der Waals surface area contributed by atoms with Crippen molar-refractivity contribution in [1.29, 1.82) is 5.26 Å². The number of nitriles is 1. The highest BCUT2D eigenvalue weighted by atomic mass is 16.5. The number of nitrogens with one attached hydrogen (secondary N) is 1. The first kappa shape index (κ1) is 19.3. The molecule has 2 atom stereocenters. The van der Waals surface area contributed by atoms with Gasteiger partial charge in [-0.05, 0) is 57.6 Å². The molecular weight excluding hydrogens is 316 g/mol. The van der Waals surface area contributed by atoms with Crippen LogP contribution in [0.3, 0.4) is 0 Å². The zero-order valence-electron chi connectivity index (χ0n) is 15.6. The zero-order chi connectivity index (χ0) is 18.4. The van der Waals surface area contributed by atoms with Gasteiger partial charge in [-0.2, -0.15) is 5.26 Å². The highest BCUT2D eigenvalue weighted by molar-refractivity contribution is 5.98. The Kier molecular flexibility index (Phi) is 6.44. The molecule has 1 saturated carbocycles. The van der Waals surface area contributed by atoms with E-state index >= 15 is 0 Å². The average Bonchev–Trinajstić information content (AvgIpc) is 3.46. The Bertz CT molecular complexity index is 649. The van der Waals surface area contributed by atoms with E-state index in [9.17, 15) is 10.1 Å². The Morgan fingerprint density at radius 1 is 1.44 bits per heavy atom. The normalized spacial score (nSPS) is 17.2. The van der Waals surface area contributed by atoms with Crippen molar-refractivity contribution < 1.29 is 14.3 Å². The molecule has 1 amide bonds. The van der Waals surface area contributed by atoms with Gasteiger partial charge in [0.1, 0.15) is 17.4 Å². The number of nitrogens with zero attached hydrogens (tertiary/aromatic N) is 1. The Morgan fingerprint density at radius 3 is 2.72 bits per heavy atom. The van der Waals surface area contributed by atoms with Crippen LogP contribution in [-0.2, 0) is 9.53 Å². The van der Waals surface area contributed by atoms with E-state index in [2.05, 4.69) is 11.4 Å². The largest absolute Gasteiger partial charge is 0.491 e. The first-order chi connectivity index (χ1) is 11.9. The van der Waals surface area contributed by atoms with E-state index in [1.165, 1.54) is 0 Å². The van der Waals surface area contributed by atoms with Crippen LogP contribution in [0.5, 0.6) is 5.75 Å². The van der Waals surface area contributed by atoms with E-state index in [0.29, 0.717) is 23.6 Å². The molecule has 25 heavy (non-hydrogen) atoms. The van der Waals surface area contributed by atoms with Gasteiger partial charge in [0.05, 0.1) is 17.4 Å². The van der Waals surface area contributed by atoms with E-state index in [-0.39, 0.29) is 17.9 Å². The maximum absolute atomic E-state index is 12.8. The molecule has 1 aromatic rings. The monoisotopic (exact) mass is 344 g/mol. The fourth-order valence-electron chi connectivity index (χ4n) is 2.68. The third kappa shape index (κ3) is 4.73. The molecular formula is C20H28N2O3. The summed E-state index contributed by atoms with van der Waals surface area (Å²) >= 11 is 0. The fraction of sp³-hybridized carbons (Fsp3) is 0.600. The van der Waals surface area contributed by atoms with Gasteiger partial charge in [-0.25, -0.2) is 0 Å². The highest BCUT2D eigenvalue weighted by Crippen LogP contribution is 2.42. The summed E-state index contributed by atoms with van der Waals surface area (Å²) in [5, 5.41) is 12.3. The number of rotatable bonds is 9. The van der Waals surface area contributed by atoms with Crippen LogP contribution in [-0.4, -0.2) is 24.2 Å². The summed E-state index contributed by atoms with van der Waals surface area (Å²) in [5.74, 6) is 0.698. The van der Waals surface area contributed by atoms with Crippen molar-refractivity contribution in [1.82, 2.24) is 0 Å². The lowest BCUT2D eigenvalue weighted by Crippen LogP contribution is -2.45. The molecule has 1 N–H and O–H groups in total.